The van der Waals surface area contributed by atoms with Gasteiger partial charge < -0.3 is 15.0 Å². The smallest absolute Gasteiger partial charge is 0.407 e. The molecule has 35 heavy (non-hydrogen) atoms. The fourth-order valence-electron chi connectivity index (χ4n) is 6.54. The number of carbonyl (C=O) groups is 1. The van der Waals surface area contributed by atoms with E-state index < -0.39 is 0 Å². The first kappa shape index (κ1) is 24.2. The quantitative estimate of drug-likeness (QED) is 0.541. The van der Waals surface area contributed by atoms with E-state index in [1.807, 2.05) is 30.3 Å². The Hall–Kier alpha value is -2.53. The molecular formula is C30H41N3O2. The maximum atomic E-state index is 12.2. The van der Waals surface area contributed by atoms with Gasteiger partial charge in [-0.2, -0.15) is 0 Å². The summed E-state index contributed by atoms with van der Waals surface area (Å²) in [5.74, 6) is 1.59. The highest BCUT2D eigenvalue weighted by Gasteiger charge is 2.35. The van der Waals surface area contributed by atoms with Crippen molar-refractivity contribution in [3.8, 4) is 0 Å². The van der Waals surface area contributed by atoms with Crippen molar-refractivity contribution in [2.75, 3.05) is 37.6 Å². The van der Waals surface area contributed by atoms with Crippen LogP contribution >= 0.6 is 0 Å². The first-order valence-corrected chi connectivity index (χ1v) is 13.7. The predicted molar refractivity (Wildman–Crippen MR) is 142 cm³/mol. The number of piperazine rings is 1. The van der Waals surface area contributed by atoms with Crippen LogP contribution in [-0.2, 0) is 11.3 Å². The number of hydrogen-bond acceptors (Lipinski definition) is 4. The minimum Gasteiger partial charge on any atom is -0.445 e. The molecule has 3 aliphatic rings. The summed E-state index contributed by atoms with van der Waals surface area (Å²) >= 11 is 0. The van der Waals surface area contributed by atoms with Crippen LogP contribution in [0, 0.1) is 5.92 Å². The molecule has 188 valence electrons. The number of rotatable bonds is 7. The van der Waals surface area contributed by atoms with E-state index in [2.05, 4.69) is 47.2 Å². The third-order valence-corrected chi connectivity index (χ3v) is 8.84. The average Bonchev–Trinajstić information content (AvgIpc) is 3.52. The first-order chi connectivity index (χ1) is 17.1. The number of benzene rings is 2. The summed E-state index contributed by atoms with van der Waals surface area (Å²) in [6.07, 6.45) is 6.23. The van der Waals surface area contributed by atoms with Gasteiger partial charge in [0.2, 0.25) is 0 Å². The number of fused-ring (bicyclic) bond motifs is 1. The van der Waals surface area contributed by atoms with Crippen molar-refractivity contribution in [3.05, 3.63) is 65.2 Å². The number of nitrogens with one attached hydrogen (secondary N) is 1. The Kier molecular flexibility index (Phi) is 7.62. The third-order valence-electron chi connectivity index (χ3n) is 8.84. The van der Waals surface area contributed by atoms with E-state index in [0.717, 1.165) is 31.1 Å². The number of nitrogens with zero attached hydrogens (tertiary/aromatic N) is 2. The second kappa shape index (κ2) is 11.0. The van der Waals surface area contributed by atoms with Gasteiger partial charge in [0.25, 0.3) is 0 Å². The molecule has 0 bridgehead atoms. The molecule has 1 saturated carbocycles. The van der Waals surface area contributed by atoms with Crippen LogP contribution in [0.2, 0.25) is 0 Å². The summed E-state index contributed by atoms with van der Waals surface area (Å²) in [6.45, 7) is 10.3. The molecule has 1 aliphatic heterocycles. The van der Waals surface area contributed by atoms with Crippen molar-refractivity contribution in [1.29, 1.82) is 0 Å². The number of alkyl carbamates (subject to hydrolysis) is 1. The minimum absolute atomic E-state index is 0.310. The molecule has 5 rings (SSSR count). The Morgan fingerprint density at radius 2 is 1.71 bits per heavy atom. The average molecular weight is 476 g/mol. The summed E-state index contributed by atoms with van der Waals surface area (Å²) in [7, 11) is 0. The van der Waals surface area contributed by atoms with Gasteiger partial charge in [-0.25, -0.2) is 4.79 Å². The lowest BCUT2D eigenvalue weighted by molar-refractivity contribution is 0.139. The lowest BCUT2D eigenvalue weighted by Gasteiger charge is -2.39. The Morgan fingerprint density at radius 3 is 2.46 bits per heavy atom. The SMILES string of the molecule is CC1c2cc(N3CCN(C4CCCC4)CC3)ccc2[C@H](CCNC(=O)OCc2ccccc2)[C@@H]1C. The largest absolute Gasteiger partial charge is 0.445 e. The summed E-state index contributed by atoms with van der Waals surface area (Å²) < 4.78 is 5.37. The normalized spacial score (nSPS) is 25.0. The van der Waals surface area contributed by atoms with Crippen molar-refractivity contribution in [2.24, 2.45) is 5.92 Å². The van der Waals surface area contributed by atoms with Crippen molar-refractivity contribution in [3.63, 3.8) is 0 Å². The number of amides is 1. The maximum Gasteiger partial charge on any atom is 0.407 e. The molecular weight excluding hydrogens is 434 g/mol. The topological polar surface area (TPSA) is 44.8 Å². The molecule has 0 aromatic heterocycles. The molecule has 2 fully saturated rings. The second-order valence-electron chi connectivity index (χ2n) is 10.8. The van der Waals surface area contributed by atoms with Crippen LogP contribution in [0.1, 0.15) is 74.5 Å². The lowest BCUT2D eigenvalue weighted by Crippen LogP contribution is -2.49. The number of carbonyl (C=O) groups excluding carboxylic acids is 1. The molecule has 1 amide bonds. The van der Waals surface area contributed by atoms with Gasteiger partial charge in [0.05, 0.1) is 0 Å². The van der Waals surface area contributed by atoms with E-state index in [9.17, 15) is 4.79 Å². The molecule has 0 radical (unpaired) electrons. The van der Waals surface area contributed by atoms with Gasteiger partial charge in [0, 0.05) is 44.5 Å². The second-order valence-corrected chi connectivity index (χ2v) is 10.8. The molecule has 3 atom stereocenters. The zero-order valence-corrected chi connectivity index (χ0v) is 21.4. The van der Waals surface area contributed by atoms with Crippen LogP contribution in [-0.4, -0.2) is 49.8 Å². The zero-order chi connectivity index (χ0) is 24.2. The molecule has 5 heteroatoms. The van der Waals surface area contributed by atoms with Crippen LogP contribution in [0.25, 0.3) is 0 Å². The molecule has 0 spiro atoms. The number of anilines is 1. The van der Waals surface area contributed by atoms with Gasteiger partial charge in [-0.15, -0.1) is 0 Å². The molecule has 2 aromatic rings. The van der Waals surface area contributed by atoms with E-state index >= 15 is 0 Å². The Bertz CT molecular complexity index is 980. The van der Waals surface area contributed by atoms with Gasteiger partial charge in [0.1, 0.15) is 6.61 Å². The van der Waals surface area contributed by atoms with E-state index in [4.69, 9.17) is 4.74 Å². The monoisotopic (exact) mass is 475 g/mol. The maximum absolute atomic E-state index is 12.2. The molecule has 1 heterocycles. The zero-order valence-electron chi connectivity index (χ0n) is 21.4. The molecule has 2 aromatic carbocycles. The van der Waals surface area contributed by atoms with E-state index in [-0.39, 0.29) is 6.09 Å². The summed E-state index contributed by atoms with van der Waals surface area (Å²) in [5.41, 5.74) is 5.37. The Labute approximate surface area is 210 Å². The molecule has 1 unspecified atom stereocenters. The lowest BCUT2D eigenvalue weighted by atomic mass is 9.87. The first-order valence-electron chi connectivity index (χ1n) is 13.7. The summed E-state index contributed by atoms with van der Waals surface area (Å²) in [4.78, 5) is 17.5. The predicted octanol–water partition coefficient (Wildman–Crippen LogP) is 5.90. The van der Waals surface area contributed by atoms with E-state index in [1.165, 1.54) is 55.6 Å². The van der Waals surface area contributed by atoms with Gasteiger partial charge in [-0.1, -0.05) is 63.1 Å². The summed E-state index contributed by atoms with van der Waals surface area (Å²) in [6, 6.07) is 17.8. The van der Waals surface area contributed by atoms with Crippen molar-refractivity contribution >= 4 is 11.8 Å². The fourth-order valence-corrected chi connectivity index (χ4v) is 6.54. The Morgan fingerprint density at radius 1 is 0.971 bits per heavy atom. The van der Waals surface area contributed by atoms with Crippen molar-refractivity contribution in [2.45, 2.75) is 70.4 Å². The summed E-state index contributed by atoms with van der Waals surface area (Å²) in [5, 5.41) is 2.96. The van der Waals surface area contributed by atoms with E-state index in [0.29, 0.717) is 30.9 Å². The van der Waals surface area contributed by atoms with Crippen LogP contribution in [0.3, 0.4) is 0 Å². The molecule has 1 N–H and O–H groups in total. The standard InChI is InChI=1S/C30H41N3O2/c1-22-23(2)29-20-26(33-18-16-32(17-19-33)25-10-6-7-11-25)12-13-28(29)27(22)14-15-31-30(34)35-21-24-8-4-3-5-9-24/h3-5,8-9,12-13,20,22-23,25,27H,6-7,10-11,14-19,21H2,1-2H3,(H,31,34)/t22-,23?,27-/m1/s1. The Balaban J connectivity index is 1.14. The van der Waals surface area contributed by atoms with Crippen LogP contribution in [0.15, 0.2) is 48.5 Å². The highest BCUT2D eigenvalue weighted by Crippen LogP contribution is 2.48. The molecule has 2 aliphatic carbocycles. The van der Waals surface area contributed by atoms with Crippen LogP contribution in [0.4, 0.5) is 10.5 Å². The van der Waals surface area contributed by atoms with Gasteiger partial charge >= 0.3 is 6.09 Å². The molecule has 1 saturated heterocycles. The van der Waals surface area contributed by atoms with Gasteiger partial charge in [-0.3, -0.25) is 4.90 Å². The number of hydrogen-bond donors (Lipinski definition) is 1. The van der Waals surface area contributed by atoms with Gasteiger partial charge in [-0.05, 0) is 65.8 Å². The highest BCUT2D eigenvalue weighted by atomic mass is 16.5. The highest BCUT2D eigenvalue weighted by molar-refractivity contribution is 5.67. The van der Waals surface area contributed by atoms with Crippen molar-refractivity contribution in [1.82, 2.24) is 10.2 Å². The minimum atomic E-state index is -0.333. The number of ether oxygens (including phenoxy) is 1. The van der Waals surface area contributed by atoms with Crippen LogP contribution < -0.4 is 10.2 Å². The molecule has 5 nitrogen and oxygen atoms in total. The van der Waals surface area contributed by atoms with Crippen LogP contribution in [0.5, 0.6) is 0 Å². The van der Waals surface area contributed by atoms with Crippen molar-refractivity contribution < 1.29 is 9.53 Å². The van der Waals surface area contributed by atoms with E-state index in [1.54, 1.807) is 0 Å². The third kappa shape index (κ3) is 5.50. The fraction of sp³-hybridized carbons (Fsp3) is 0.567. The van der Waals surface area contributed by atoms with Gasteiger partial charge in [0.15, 0.2) is 0 Å².